The SMILES string of the molecule is c1cc(-c2cccc3oc4ccc(-c5ccc6ccc7cccnc7c6n5)cc4c23)c2ccncc2c1. The van der Waals surface area contributed by atoms with E-state index < -0.39 is 0 Å². The van der Waals surface area contributed by atoms with Gasteiger partial charge in [0.2, 0.25) is 0 Å². The number of aromatic nitrogens is 3. The molecule has 172 valence electrons. The Morgan fingerprint density at radius 1 is 0.568 bits per heavy atom. The highest BCUT2D eigenvalue weighted by Crippen LogP contribution is 2.40. The summed E-state index contributed by atoms with van der Waals surface area (Å²) in [6.45, 7) is 0. The van der Waals surface area contributed by atoms with Crippen molar-refractivity contribution in [2.24, 2.45) is 0 Å². The Labute approximate surface area is 211 Å². The van der Waals surface area contributed by atoms with E-state index in [1.165, 1.54) is 10.9 Å². The molecular formula is C33H19N3O. The highest BCUT2D eigenvalue weighted by molar-refractivity contribution is 6.16. The normalized spacial score (nSPS) is 11.8. The van der Waals surface area contributed by atoms with Crippen LogP contribution in [0.25, 0.3) is 76.9 Å². The average Bonchev–Trinajstić information content (AvgIpc) is 3.35. The summed E-state index contributed by atoms with van der Waals surface area (Å²) in [4.78, 5) is 14.0. The van der Waals surface area contributed by atoms with Crippen LogP contribution in [0.3, 0.4) is 0 Å². The second-order valence-corrected chi connectivity index (χ2v) is 9.30. The fourth-order valence-corrected chi connectivity index (χ4v) is 5.45. The summed E-state index contributed by atoms with van der Waals surface area (Å²) in [5.74, 6) is 0. The number of furan rings is 1. The molecule has 0 radical (unpaired) electrons. The van der Waals surface area contributed by atoms with E-state index in [1.807, 2.05) is 30.7 Å². The van der Waals surface area contributed by atoms with Crippen molar-refractivity contribution < 1.29 is 4.42 Å². The third-order valence-corrected chi connectivity index (χ3v) is 7.19. The maximum atomic E-state index is 6.30. The van der Waals surface area contributed by atoms with Crippen LogP contribution in [0.15, 0.2) is 120 Å². The van der Waals surface area contributed by atoms with Crippen molar-refractivity contribution in [3.63, 3.8) is 0 Å². The zero-order valence-corrected chi connectivity index (χ0v) is 19.7. The Bertz CT molecular complexity index is 2150. The summed E-state index contributed by atoms with van der Waals surface area (Å²) in [7, 11) is 0. The summed E-state index contributed by atoms with van der Waals surface area (Å²) in [6, 6.07) is 33.5. The van der Waals surface area contributed by atoms with E-state index in [0.29, 0.717) is 0 Å². The molecule has 0 saturated heterocycles. The van der Waals surface area contributed by atoms with Gasteiger partial charge in [0, 0.05) is 51.1 Å². The van der Waals surface area contributed by atoms with Gasteiger partial charge in [-0.2, -0.15) is 0 Å². The number of hydrogen-bond acceptors (Lipinski definition) is 4. The molecule has 4 nitrogen and oxygen atoms in total. The van der Waals surface area contributed by atoms with Gasteiger partial charge in [0.05, 0.1) is 16.7 Å². The largest absolute Gasteiger partial charge is 0.456 e. The van der Waals surface area contributed by atoms with Gasteiger partial charge >= 0.3 is 0 Å². The molecule has 0 amide bonds. The molecule has 8 aromatic rings. The van der Waals surface area contributed by atoms with Crippen LogP contribution in [0.2, 0.25) is 0 Å². The van der Waals surface area contributed by atoms with Crippen molar-refractivity contribution in [3.05, 3.63) is 116 Å². The minimum Gasteiger partial charge on any atom is -0.456 e. The van der Waals surface area contributed by atoms with Gasteiger partial charge in [-0.25, -0.2) is 4.98 Å². The van der Waals surface area contributed by atoms with Crippen molar-refractivity contribution in [2.75, 3.05) is 0 Å². The number of pyridine rings is 3. The van der Waals surface area contributed by atoms with Crippen molar-refractivity contribution in [1.29, 1.82) is 0 Å². The first-order valence-electron chi connectivity index (χ1n) is 12.3. The van der Waals surface area contributed by atoms with E-state index in [0.717, 1.165) is 66.0 Å². The predicted octanol–water partition coefficient (Wildman–Crippen LogP) is 8.56. The summed E-state index contributed by atoms with van der Waals surface area (Å²) in [5, 5.41) is 6.64. The van der Waals surface area contributed by atoms with E-state index in [-0.39, 0.29) is 0 Å². The molecule has 0 aliphatic heterocycles. The highest BCUT2D eigenvalue weighted by Gasteiger charge is 2.15. The second-order valence-electron chi connectivity index (χ2n) is 9.30. The van der Waals surface area contributed by atoms with Crippen LogP contribution in [0.4, 0.5) is 0 Å². The van der Waals surface area contributed by atoms with E-state index in [1.54, 1.807) is 0 Å². The predicted molar refractivity (Wildman–Crippen MR) is 150 cm³/mol. The summed E-state index contributed by atoms with van der Waals surface area (Å²) in [6.07, 6.45) is 5.58. The summed E-state index contributed by atoms with van der Waals surface area (Å²) < 4.78 is 6.30. The summed E-state index contributed by atoms with van der Waals surface area (Å²) >= 11 is 0. The third-order valence-electron chi connectivity index (χ3n) is 7.19. The van der Waals surface area contributed by atoms with E-state index in [4.69, 9.17) is 9.40 Å². The zero-order chi connectivity index (χ0) is 24.3. The number of fused-ring (bicyclic) bond motifs is 7. The first kappa shape index (κ1) is 20.1. The molecule has 0 unspecified atom stereocenters. The van der Waals surface area contributed by atoms with Crippen molar-refractivity contribution in [1.82, 2.24) is 15.0 Å². The molecule has 0 spiro atoms. The van der Waals surface area contributed by atoms with Crippen LogP contribution < -0.4 is 0 Å². The van der Waals surface area contributed by atoms with Crippen LogP contribution in [-0.2, 0) is 0 Å². The maximum absolute atomic E-state index is 6.30. The Kier molecular flexibility index (Phi) is 4.19. The Balaban J connectivity index is 1.38. The molecule has 4 heteroatoms. The number of nitrogens with zero attached hydrogens (tertiary/aromatic N) is 3. The monoisotopic (exact) mass is 473 g/mol. The molecule has 4 heterocycles. The lowest BCUT2D eigenvalue weighted by atomic mass is 9.95. The number of benzene rings is 4. The van der Waals surface area contributed by atoms with Crippen LogP contribution in [0, 0.1) is 0 Å². The molecule has 8 rings (SSSR count). The molecule has 0 bridgehead atoms. The van der Waals surface area contributed by atoms with Gasteiger partial charge in [-0.05, 0) is 59.0 Å². The Morgan fingerprint density at radius 3 is 2.38 bits per heavy atom. The summed E-state index contributed by atoms with van der Waals surface area (Å²) in [5.41, 5.74) is 7.84. The van der Waals surface area contributed by atoms with Gasteiger partial charge in [0.15, 0.2) is 0 Å². The molecule has 0 fully saturated rings. The van der Waals surface area contributed by atoms with Crippen molar-refractivity contribution in [3.8, 4) is 22.4 Å². The highest BCUT2D eigenvalue weighted by atomic mass is 16.3. The van der Waals surface area contributed by atoms with Crippen LogP contribution >= 0.6 is 0 Å². The molecule has 0 aliphatic carbocycles. The van der Waals surface area contributed by atoms with Gasteiger partial charge in [-0.15, -0.1) is 0 Å². The quantitative estimate of drug-likeness (QED) is 0.236. The molecule has 4 aromatic heterocycles. The van der Waals surface area contributed by atoms with Gasteiger partial charge in [0.1, 0.15) is 11.2 Å². The molecular weight excluding hydrogens is 454 g/mol. The van der Waals surface area contributed by atoms with Crippen LogP contribution in [0.1, 0.15) is 0 Å². The molecule has 4 aromatic carbocycles. The molecule has 0 saturated carbocycles. The zero-order valence-electron chi connectivity index (χ0n) is 19.7. The lowest BCUT2D eigenvalue weighted by Crippen LogP contribution is -1.88. The third kappa shape index (κ3) is 3.06. The Morgan fingerprint density at radius 2 is 1.41 bits per heavy atom. The maximum Gasteiger partial charge on any atom is 0.136 e. The fourth-order valence-electron chi connectivity index (χ4n) is 5.45. The van der Waals surface area contributed by atoms with E-state index >= 15 is 0 Å². The van der Waals surface area contributed by atoms with Crippen molar-refractivity contribution in [2.45, 2.75) is 0 Å². The van der Waals surface area contributed by atoms with Gasteiger partial charge < -0.3 is 4.42 Å². The fraction of sp³-hybridized carbons (Fsp3) is 0. The standard InChI is InChI=1S/C33H19N3O/c1-4-23-19-34-17-15-24(23)25(6-1)26-7-2-8-30-31(26)27-18-22(12-14-29(27)37-30)28-13-11-21-10-9-20-5-3-16-35-32(20)33(21)36-28/h1-19H. The minimum atomic E-state index is 0.862. The second kappa shape index (κ2) is 7.70. The first-order valence-corrected chi connectivity index (χ1v) is 12.3. The van der Waals surface area contributed by atoms with Gasteiger partial charge in [-0.3, -0.25) is 9.97 Å². The average molecular weight is 474 g/mol. The topological polar surface area (TPSA) is 51.8 Å². The Hall–Kier alpha value is -5.09. The number of rotatable bonds is 2. The minimum absolute atomic E-state index is 0.862. The van der Waals surface area contributed by atoms with E-state index in [2.05, 4.69) is 94.9 Å². The molecule has 0 atom stereocenters. The smallest absolute Gasteiger partial charge is 0.136 e. The van der Waals surface area contributed by atoms with E-state index in [9.17, 15) is 0 Å². The molecule has 0 N–H and O–H groups in total. The first-order chi connectivity index (χ1) is 18.3. The molecule has 37 heavy (non-hydrogen) atoms. The number of hydrogen-bond donors (Lipinski definition) is 0. The van der Waals surface area contributed by atoms with Gasteiger partial charge in [0.25, 0.3) is 0 Å². The lowest BCUT2D eigenvalue weighted by Gasteiger charge is -2.09. The van der Waals surface area contributed by atoms with Gasteiger partial charge in [-0.1, -0.05) is 54.6 Å². The van der Waals surface area contributed by atoms with Crippen LogP contribution in [0.5, 0.6) is 0 Å². The van der Waals surface area contributed by atoms with Crippen molar-refractivity contribution >= 4 is 54.5 Å². The molecule has 0 aliphatic rings. The van der Waals surface area contributed by atoms with Crippen LogP contribution in [-0.4, -0.2) is 15.0 Å². The lowest BCUT2D eigenvalue weighted by molar-refractivity contribution is 0.669.